The minimum atomic E-state index is -4.49. The molecule has 0 aromatic carbocycles. The molecule has 0 aliphatic heterocycles. The van der Waals surface area contributed by atoms with Gasteiger partial charge in [0.2, 0.25) is 11.9 Å². The summed E-state index contributed by atoms with van der Waals surface area (Å²) in [7, 11) is 0. The van der Waals surface area contributed by atoms with Crippen LogP contribution in [0.5, 0.6) is 0 Å². The summed E-state index contributed by atoms with van der Waals surface area (Å²) >= 11 is 0. The Kier molecular flexibility index (Phi) is 2.58. The topological polar surface area (TPSA) is 92.5 Å². The Hall–Kier alpha value is -2.32. The number of hydrogen-bond donors (Lipinski definition) is 3. The number of pyridine rings is 1. The summed E-state index contributed by atoms with van der Waals surface area (Å²) in [6.07, 6.45) is -4.49. The number of halogens is 3. The Bertz CT molecular complexity index is 520. The molecule has 0 spiro atoms. The van der Waals surface area contributed by atoms with Crippen molar-refractivity contribution in [3.8, 4) is 0 Å². The van der Waals surface area contributed by atoms with Crippen molar-refractivity contribution >= 4 is 17.7 Å². The minimum absolute atomic E-state index is 0.0150. The van der Waals surface area contributed by atoms with Gasteiger partial charge in [-0.3, -0.25) is 0 Å². The first-order valence-corrected chi connectivity index (χ1v) is 4.44. The van der Waals surface area contributed by atoms with Crippen LogP contribution in [0, 0.1) is 0 Å². The van der Waals surface area contributed by atoms with Gasteiger partial charge in [-0.15, -0.1) is 5.10 Å². The van der Waals surface area contributed by atoms with Gasteiger partial charge in [0.1, 0.15) is 11.5 Å². The number of rotatable bonds is 2. The van der Waals surface area contributed by atoms with Crippen molar-refractivity contribution in [2.45, 2.75) is 6.18 Å². The summed E-state index contributed by atoms with van der Waals surface area (Å²) < 4.78 is 37.1. The number of anilines is 3. The number of aromatic amines is 1. The summed E-state index contributed by atoms with van der Waals surface area (Å²) in [6, 6.07) is 3.47. The number of nitrogens with two attached hydrogens (primary N) is 1. The van der Waals surface area contributed by atoms with E-state index in [2.05, 4.69) is 25.5 Å². The molecule has 2 rings (SSSR count). The number of nitrogens with zero attached hydrogens (tertiary/aromatic N) is 3. The SMILES string of the molecule is Nc1nc(Nc2cccc(C(F)(F)F)n2)n[nH]1. The summed E-state index contributed by atoms with van der Waals surface area (Å²) in [6.45, 7) is 0. The van der Waals surface area contributed by atoms with Crippen LogP contribution in [0.3, 0.4) is 0 Å². The number of nitrogens with one attached hydrogen (secondary N) is 2. The van der Waals surface area contributed by atoms with Gasteiger partial charge in [0, 0.05) is 0 Å². The lowest BCUT2D eigenvalue weighted by atomic mass is 10.3. The Labute approximate surface area is 93.1 Å². The van der Waals surface area contributed by atoms with Crippen LogP contribution in [0.15, 0.2) is 18.2 Å². The second-order valence-electron chi connectivity index (χ2n) is 3.08. The van der Waals surface area contributed by atoms with Gasteiger partial charge in [0.25, 0.3) is 0 Å². The Balaban J connectivity index is 2.22. The predicted octanol–water partition coefficient (Wildman–Crippen LogP) is 1.54. The fourth-order valence-corrected chi connectivity index (χ4v) is 1.11. The molecular formula is C8H7F3N6. The van der Waals surface area contributed by atoms with E-state index in [1.165, 1.54) is 12.1 Å². The standard InChI is InChI=1S/C8H7F3N6/c9-8(10,11)4-2-1-3-5(13-4)14-7-15-6(12)16-17-7/h1-3H,(H4,12,13,14,15,16,17). The maximum atomic E-state index is 12.4. The van der Waals surface area contributed by atoms with Gasteiger partial charge in [0.05, 0.1) is 0 Å². The van der Waals surface area contributed by atoms with Gasteiger partial charge < -0.3 is 11.1 Å². The highest BCUT2D eigenvalue weighted by atomic mass is 19.4. The zero-order valence-electron chi connectivity index (χ0n) is 8.28. The summed E-state index contributed by atoms with van der Waals surface area (Å²) in [5.74, 6) is 0.0904. The zero-order valence-corrected chi connectivity index (χ0v) is 8.28. The molecule has 0 saturated heterocycles. The molecule has 0 fully saturated rings. The monoisotopic (exact) mass is 244 g/mol. The van der Waals surface area contributed by atoms with Crippen LogP contribution in [-0.2, 0) is 6.18 Å². The van der Waals surface area contributed by atoms with E-state index in [-0.39, 0.29) is 17.7 Å². The zero-order chi connectivity index (χ0) is 12.5. The average molecular weight is 244 g/mol. The van der Waals surface area contributed by atoms with E-state index in [1.807, 2.05) is 0 Å². The van der Waals surface area contributed by atoms with Gasteiger partial charge in [-0.2, -0.15) is 18.2 Å². The lowest BCUT2D eigenvalue weighted by Gasteiger charge is -2.07. The lowest BCUT2D eigenvalue weighted by Crippen LogP contribution is -2.09. The third-order valence-electron chi connectivity index (χ3n) is 1.78. The molecule has 0 aliphatic carbocycles. The first-order chi connectivity index (χ1) is 7.95. The van der Waals surface area contributed by atoms with Crippen molar-refractivity contribution in [1.82, 2.24) is 20.2 Å². The highest BCUT2D eigenvalue weighted by molar-refractivity contribution is 5.48. The average Bonchev–Trinajstić information content (AvgIpc) is 2.63. The number of aromatic nitrogens is 4. The van der Waals surface area contributed by atoms with E-state index >= 15 is 0 Å². The number of nitrogen functional groups attached to an aromatic ring is 1. The molecule has 4 N–H and O–H groups in total. The van der Waals surface area contributed by atoms with E-state index in [9.17, 15) is 13.2 Å². The fourth-order valence-electron chi connectivity index (χ4n) is 1.11. The van der Waals surface area contributed by atoms with Crippen molar-refractivity contribution in [3.63, 3.8) is 0 Å². The quantitative estimate of drug-likeness (QED) is 0.745. The third kappa shape index (κ3) is 2.62. The van der Waals surface area contributed by atoms with E-state index in [1.54, 1.807) is 0 Å². The third-order valence-corrected chi connectivity index (χ3v) is 1.78. The molecule has 0 amide bonds. The smallest absolute Gasteiger partial charge is 0.368 e. The second kappa shape index (κ2) is 3.92. The molecule has 2 aromatic heterocycles. The maximum Gasteiger partial charge on any atom is 0.433 e. The lowest BCUT2D eigenvalue weighted by molar-refractivity contribution is -0.141. The van der Waals surface area contributed by atoms with Gasteiger partial charge >= 0.3 is 6.18 Å². The summed E-state index contributed by atoms with van der Waals surface area (Å²) in [5.41, 5.74) is 4.27. The van der Waals surface area contributed by atoms with Crippen LogP contribution < -0.4 is 11.1 Å². The van der Waals surface area contributed by atoms with Crippen LogP contribution in [0.1, 0.15) is 5.69 Å². The molecule has 0 unspecified atom stereocenters. The van der Waals surface area contributed by atoms with Gasteiger partial charge in [-0.25, -0.2) is 10.1 Å². The van der Waals surface area contributed by atoms with Crippen molar-refractivity contribution in [2.75, 3.05) is 11.1 Å². The van der Waals surface area contributed by atoms with Crippen LogP contribution >= 0.6 is 0 Å². The van der Waals surface area contributed by atoms with Crippen LogP contribution in [0.4, 0.5) is 30.9 Å². The van der Waals surface area contributed by atoms with Crippen molar-refractivity contribution in [1.29, 1.82) is 0 Å². The maximum absolute atomic E-state index is 12.4. The largest absolute Gasteiger partial charge is 0.433 e. The molecular weight excluding hydrogens is 237 g/mol. The van der Waals surface area contributed by atoms with E-state index in [4.69, 9.17) is 5.73 Å². The number of H-pyrrole nitrogens is 1. The highest BCUT2D eigenvalue weighted by Gasteiger charge is 2.32. The van der Waals surface area contributed by atoms with Crippen LogP contribution in [0.2, 0.25) is 0 Å². The number of hydrogen-bond acceptors (Lipinski definition) is 5. The predicted molar refractivity (Wildman–Crippen MR) is 53.3 cm³/mol. The van der Waals surface area contributed by atoms with E-state index in [0.717, 1.165) is 6.07 Å². The minimum Gasteiger partial charge on any atom is -0.368 e. The second-order valence-corrected chi connectivity index (χ2v) is 3.08. The highest BCUT2D eigenvalue weighted by Crippen LogP contribution is 2.28. The first-order valence-electron chi connectivity index (χ1n) is 4.44. The van der Waals surface area contributed by atoms with Crippen molar-refractivity contribution in [3.05, 3.63) is 23.9 Å². The van der Waals surface area contributed by atoms with E-state index < -0.39 is 11.9 Å². The molecule has 0 aliphatic rings. The normalized spacial score (nSPS) is 11.5. The Morgan fingerprint density at radius 2 is 2.00 bits per heavy atom. The molecule has 9 heteroatoms. The molecule has 2 aromatic rings. The summed E-state index contributed by atoms with van der Waals surface area (Å²) in [5, 5.41) is 8.44. The Morgan fingerprint density at radius 3 is 2.59 bits per heavy atom. The van der Waals surface area contributed by atoms with Gasteiger partial charge in [-0.1, -0.05) is 6.07 Å². The molecule has 0 atom stereocenters. The molecule has 2 heterocycles. The molecule has 0 radical (unpaired) electrons. The molecule has 0 bridgehead atoms. The fraction of sp³-hybridized carbons (Fsp3) is 0.125. The Morgan fingerprint density at radius 1 is 1.24 bits per heavy atom. The van der Waals surface area contributed by atoms with Gasteiger partial charge in [-0.05, 0) is 12.1 Å². The van der Waals surface area contributed by atoms with Gasteiger partial charge in [0.15, 0.2) is 0 Å². The van der Waals surface area contributed by atoms with Crippen molar-refractivity contribution in [2.24, 2.45) is 0 Å². The molecule has 6 nitrogen and oxygen atoms in total. The number of alkyl halides is 3. The van der Waals surface area contributed by atoms with Crippen molar-refractivity contribution < 1.29 is 13.2 Å². The first kappa shape index (κ1) is 11.2. The molecule has 17 heavy (non-hydrogen) atoms. The molecule has 0 saturated carbocycles. The van der Waals surface area contributed by atoms with E-state index in [0.29, 0.717) is 0 Å². The van der Waals surface area contributed by atoms with Crippen LogP contribution in [-0.4, -0.2) is 20.2 Å². The van der Waals surface area contributed by atoms with Crippen LogP contribution in [0.25, 0.3) is 0 Å². The molecule has 90 valence electrons. The summed E-state index contributed by atoms with van der Waals surface area (Å²) in [4.78, 5) is 7.05.